The molecule has 112 valence electrons. The van der Waals surface area contributed by atoms with Gasteiger partial charge in [0, 0.05) is 12.4 Å². The third-order valence-corrected chi connectivity index (χ3v) is 3.13. The van der Waals surface area contributed by atoms with Gasteiger partial charge in [-0.1, -0.05) is 6.07 Å². The molecule has 0 aliphatic carbocycles. The molecular weight excluding hydrogens is 284 g/mol. The van der Waals surface area contributed by atoms with Crippen LogP contribution >= 0.6 is 0 Å². The van der Waals surface area contributed by atoms with Crippen molar-refractivity contribution in [1.82, 2.24) is 19.2 Å². The second kappa shape index (κ2) is 5.80. The van der Waals surface area contributed by atoms with E-state index < -0.39 is 5.97 Å². The van der Waals surface area contributed by atoms with Gasteiger partial charge in [-0.3, -0.25) is 4.98 Å². The van der Waals surface area contributed by atoms with Crippen molar-refractivity contribution < 1.29 is 9.53 Å². The summed E-state index contributed by atoms with van der Waals surface area (Å²) < 4.78 is 7.57. The lowest BCUT2D eigenvalue weighted by Gasteiger charge is -2.00. The molecule has 0 aromatic carbocycles. The van der Waals surface area contributed by atoms with Gasteiger partial charge in [-0.15, -0.1) is 5.10 Å². The molecule has 0 amide bonds. The molecule has 3 rings (SSSR count). The van der Waals surface area contributed by atoms with Crippen LogP contribution in [0.4, 0.5) is 0 Å². The monoisotopic (exact) mass is 298 g/mol. The number of ether oxygens (including phenoxy) is 1. The van der Waals surface area contributed by atoms with Gasteiger partial charge >= 0.3 is 11.7 Å². The minimum atomic E-state index is -0.464. The SMILES string of the molecule is CCOC(=O)c1ccc2nn(Cc3ccccn3)c(=O)n2c1. The van der Waals surface area contributed by atoms with E-state index in [1.165, 1.54) is 15.3 Å². The van der Waals surface area contributed by atoms with Crippen molar-refractivity contribution in [3.05, 3.63) is 64.5 Å². The molecule has 3 aromatic rings. The summed E-state index contributed by atoms with van der Waals surface area (Å²) in [6, 6.07) is 8.68. The Kier molecular flexibility index (Phi) is 3.69. The Hall–Kier alpha value is -2.96. The predicted molar refractivity (Wildman–Crippen MR) is 78.7 cm³/mol. The Morgan fingerprint density at radius 2 is 2.14 bits per heavy atom. The van der Waals surface area contributed by atoms with Crippen molar-refractivity contribution in [2.45, 2.75) is 13.5 Å². The molecular formula is C15H14N4O3. The second-order valence-corrected chi connectivity index (χ2v) is 4.63. The number of hydrogen-bond acceptors (Lipinski definition) is 5. The molecule has 3 aromatic heterocycles. The van der Waals surface area contributed by atoms with E-state index in [-0.39, 0.29) is 18.8 Å². The van der Waals surface area contributed by atoms with Crippen LogP contribution in [0.2, 0.25) is 0 Å². The van der Waals surface area contributed by atoms with Gasteiger partial charge in [0.15, 0.2) is 5.65 Å². The van der Waals surface area contributed by atoms with Gasteiger partial charge in [0.25, 0.3) is 0 Å². The highest BCUT2D eigenvalue weighted by Gasteiger charge is 2.12. The van der Waals surface area contributed by atoms with Crippen molar-refractivity contribution >= 4 is 11.6 Å². The van der Waals surface area contributed by atoms with Crippen LogP contribution in [0.25, 0.3) is 5.65 Å². The number of esters is 1. The molecule has 0 atom stereocenters. The van der Waals surface area contributed by atoms with Crippen LogP contribution in [-0.4, -0.2) is 31.7 Å². The lowest BCUT2D eigenvalue weighted by atomic mass is 10.3. The maximum Gasteiger partial charge on any atom is 0.350 e. The molecule has 3 heterocycles. The van der Waals surface area contributed by atoms with E-state index in [4.69, 9.17) is 4.74 Å². The van der Waals surface area contributed by atoms with Crippen LogP contribution in [0, 0.1) is 0 Å². The zero-order chi connectivity index (χ0) is 15.5. The molecule has 0 N–H and O–H groups in total. The molecule has 7 heteroatoms. The highest BCUT2D eigenvalue weighted by atomic mass is 16.5. The van der Waals surface area contributed by atoms with Crippen molar-refractivity contribution in [2.24, 2.45) is 0 Å². The van der Waals surface area contributed by atoms with Crippen molar-refractivity contribution in [3.8, 4) is 0 Å². The molecule has 0 saturated carbocycles. The van der Waals surface area contributed by atoms with E-state index in [1.54, 1.807) is 25.3 Å². The predicted octanol–water partition coefficient (Wildman–Crippen LogP) is 1.12. The molecule has 0 unspecified atom stereocenters. The normalized spacial score (nSPS) is 10.8. The minimum absolute atomic E-state index is 0.274. The van der Waals surface area contributed by atoms with E-state index in [1.807, 2.05) is 18.2 Å². The van der Waals surface area contributed by atoms with Crippen LogP contribution in [0.5, 0.6) is 0 Å². The zero-order valence-corrected chi connectivity index (χ0v) is 12.0. The van der Waals surface area contributed by atoms with Crippen molar-refractivity contribution in [1.29, 1.82) is 0 Å². The lowest BCUT2D eigenvalue weighted by Crippen LogP contribution is -2.22. The van der Waals surface area contributed by atoms with Crippen molar-refractivity contribution in [2.75, 3.05) is 6.61 Å². The summed E-state index contributed by atoms with van der Waals surface area (Å²) in [6.07, 6.45) is 3.10. The molecule has 0 radical (unpaired) electrons. The van der Waals surface area contributed by atoms with E-state index in [2.05, 4.69) is 10.1 Å². The number of hydrogen-bond donors (Lipinski definition) is 0. The van der Waals surface area contributed by atoms with Gasteiger partial charge in [-0.25, -0.2) is 18.7 Å². The highest BCUT2D eigenvalue weighted by molar-refractivity contribution is 5.89. The molecule has 0 aliphatic heterocycles. The topological polar surface area (TPSA) is 78.5 Å². The average molecular weight is 298 g/mol. The van der Waals surface area contributed by atoms with Gasteiger partial charge in [0.2, 0.25) is 0 Å². The highest BCUT2D eigenvalue weighted by Crippen LogP contribution is 2.05. The van der Waals surface area contributed by atoms with Crippen LogP contribution in [0.15, 0.2) is 47.5 Å². The number of carbonyl (C=O) groups is 1. The Bertz CT molecular complexity index is 867. The summed E-state index contributed by atoms with van der Waals surface area (Å²) >= 11 is 0. The molecule has 7 nitrogen and oxygen atoms in total. The maximum absolute atomic E-state index is 12.3. The summed E-state index contributed by atoms with van der Waals surface area (Å²) in [5.74, 6) is -0.464. The Balaban J connectivity index is 1.99. The van der Waals surface area contributed by atoms with Gasteiger partial charge in [-0.05, 0) is 31.2 Å². The molecule has 0 saturated heterocycles. The number of pyridine rings is 2. The summed E-state index contributed by atoms with van der Waals surface area (Å²) in [6.45, 7) is 2.29. The first kappa shape index (κ1) is 14.0. The quantitative estimate of drug-likeness (QED) is 0.674. The first-order chi connectivity index (χ1) is 10.7. The molecule has 0 aliphatic rings. The second-order valence-electron chi connectivity index (χ2n) is 4.63. The van der Waals surface area contributed by atoms with Crippen molar-refractivity contribution in [3.63, 3.8) is 0 Å². The Morgan fingerprint density at radius 3 is 2.86 bits per heavy atom. The smallest absolute Gasteiger partial charge is 0.350 e. The molecule has 0 bridgehead atoms. The van der Waals surface area contributed by atoms with Gasteiger partial charge < -0.3 is 4.74 Å². The zero-order valence-electron chi connectivity index (χ0n) is 12.0. The van der Waals surface area contributed by atoms with E-state index in [9.17, 15) is 9.59 Å². The molecule has 22 heavy (non-hydrogen) atoms. The number of fused-ring (bicyclic) bond motifs is 1. The van der Waals surface area contributed by atoms with E-state index in [0.29, 0.717) is 11.2 Å². The Morgan fingerprint density at radius 1 is 1.27 bits per heavy atom. The fraction of sp³-hybridized carbons (Fsp3) is 0.200. The first-order valence-corrected chi connectivity index (χ1v) is 6.85. The summed E-state index contributed by atoms with van der Waals surface area (Å²) in [4.78, 5) is 28.2. The minimum Gasteiger partial charge on any atom is -0.462 e. The fourth-order valence-electron chi connectivity index (χ4n) is 2.10. The molecule has 0 spiro atoms. The van der Waals surface area contributed by atoms with Gasteiger partial charge in [0.1, 0.15) is 0 Å². The first-order valence-electron chi connectivity index (χ1n) is 6.85. The standard InChI is InChI=1S/C15H14N4O3/c1-2-22-14(20)11-6-7-13-17-19(15(21)18(13)9-11)10-12-5-3-4-8-16-12/h3-9H,2,10H2,1H3. The summed E-state index contributed by atoms with van der Waals surface area (Å²) in [7, 11) is 0. The third-order valence-electron chi connectivity index (χ3n) is 3.13. The molecule has 0 fully saturated rings. The third kappa shape index (κ3) is 2.60. The summed E-state index contributed by atoms with van der Waals surface area (Å²) in [5.41, 5.74) is 1.19. The average Bonchev–Trinajstić information content (AvgIpc) is 2.84. The largest absolute Gasteiger partial charge is 0.462 e. The van der Waals surface area contributed by atoms with Crippen LogP contribution in [0.3, 0.4) is 0 Å². The van der Waals surface area contributed by atoms with Gasteiger partial charge in [-0.2, -0.15) is 0 Å². The number of nitrogens with zero attached hydrogens (tertiary/aromatic N) is 4. The number of carbonyl (C=O) groups excluding carboxylic acids is 1. The lowest BCUT2D eigenvalue weighted by molar-refractivity contribution is 0.0525. The van der Waals surface area contributed by atoms with Gasteiger partial charge in [0.05, 0.1) is 24.4 Å². The van der Waals surface area contributed by atoms with E-state index in [0.717, 1.165) is 5.69 Å². The van der Waals surface area contributed by atoms with Crippen LogP contribution in [0.1, 0.15) is 23.0 Å². The van der Waals surface area contributed by atoms with Crippen LogP contribution in [-0.2, 0) is 11.3 Å². The Labute approximate surface area is 125 Å². The maximum atomic E-state index is 12.3. The fourth-order valence-corrected chi connectivity index (χ4v) is 2.10. The summed E-state index contributed by atoms with van der Waals surface area (Å²) in [5, 5.41) is 4.23. The van der Waals surface area contributed by atoms with Crippen LogP contribution < -0.4 is 5.69 Å². The van der Waals surface area contributed by atoms with E-state index >= 15 is 0 Å². The number of rotatable bonds is 4. The number of aromatic nitrogens is 4.